The summed E-state index contributed by atoms with van der Waals surface area (Å²) in [6, 6.07) is 0. The molecule has 0 aromatic carbocycles. The smallest absolute Gasteiger partial charge is 0.147 e. The second kappa shape index (κ2) is 3.68. The van der Waals surface area contributed by atoms with Gasteiger partial charge in [-0.2, -0.15) is 0 Å². The summed E-state index contributed by atoms with van der Waals surface area (Å²) in [6.45, 7) is 8.53. The monoisotopic (exact) mass is 222 g/mol. The first-order chi connectivity index (χ1) is 7.39. The van der Waals surface area contributed by atoms with Crippen molar-refractivity contribution in [3.05, 3.63) is 0 Å². The van der Waals surface area contributed by atoms with Crippen molar-refractivity contribution < 1.29 is 9.59 Å². The summed E-state index contributed by atoms with van der Waals surface area (Å²) < 4.78 is 0. The van der Waals surface area contributed by atoms with Gasteiger partial charge in [-0.1, -0.05) is 27.7 Å². The third kappa shape index (κ3) is 1.38. The maximum atomic E-state index is 12.2. The molecule has 0 aliphatic heterocycles. The van der Waals surface area contributed by atoms with Gasteiger partial charge in [0, 0.05) is 12.8 Å². The highest BCUT2D eigenvalue weighted by Crippen LogP contribution is 2.59. The Kier molecular flexibility index (Phi) is 2.72. The Balaban J connectivity index is 2.41. The lowest BCUT2D eigenvalue weighted by atomic mass is 9.68. The minimum absolute atomic E-state index is 0.237. The van der Waals surface area contributed by atoms with E-state index in [-0.39, 0.29) is 11.6 Å². The molecule has 1 atom stereocenters. The minimum atomic E-state index is -0.590. The zero-order valence-electron chi connectivity index (χ0n) is 10.7. The second-order valence-corrected chi connectivity index (χ2v) is 6.35. The molecule has 2 fully saturated rings. The molecule has 0 aromatic rings. The largest absolute Gasteiger partial charge is 0.299 e. The lowest BCUT2D eigenvalue weighted by Crippen LogP contribution is -2.40. The highest BCUT2D eigenvalue weighted by molar-refractivity contribution is 6.12. The van der Waals surface area contributed by atoms with Gasteiger partial charge in [0.25, 0.3) is 0 Å². The Morgan fingerprint density at radius 3 is 2.00 bits per heavy atom. The average Bonchev–Trinajstić information content (AvgIpc) is 2.51. The number of Topliss-reactive ketones (excluding diaryl/α,β-unsaturated/α-hetero) is 2. The van der Waals surface area contributed by atoms with E-state index in [1.807, 2.05) is 0 Å². The molecule has 2 rings (SSSR count). The normalized spacial score (nSPS) is 38.1. The topological polar surface area (TPSA) is 34.1 Å². The van der Waals surface area contributed by atoms with Crippen LogP contribution < -0.4 is 0 Å². The number of hydrogen-bond acceptors (Lipinski definition) is 2. The molecule has 0 heterocycles. The van der Waals surface area contributed by atoms with E-state index in [0.717, 1.165) is 6.42 Å². The second-order valence-electron chi connectivity index (χ2n) is 6.35. The van der Waals surface area contributed by atoms with Crippen LogP contribution in [0.5, 0.6) is 0 Å². The summed E-state index contributed by atoms with van der Waals surface area (Å²) in [5.41, 5.74) is -0.590. The number of fused-ring (bicyclic) bond motifs is 2. The number of rotatable bonds is 3. The third-order valence-corrected chi connectivity index (χ3v) is 4.42. The quantitative estimate of drug-likeness (QED) is 0.688. The molecule has 0 amide bonds. The first-order valence-corrected chi connectivity index (χ1v) is 6.46. The Bertz CT molecular complexity index is 310. The standard InChI is InChI=1S/C14H22O2/c1-8(2)7-14-11(15)5-10(6-12(14)16)13(14)9(3)4/h8-10,13H,5-7H2,1-4H3. The van der Waals surface area contributed by atoms with Crippen molar-refractivity contribution in [3.63, 3.8) is 0 Å². The van der Waals surface area contributed by atoms with E-state index in [1.54, 1.807) is 0 Å². The van der Waals surface area contributed by atoms with Crippen LogP contribution in [0, 0.1) is 29.1 Å². The van der Waals surface area contributed by atoms with E-state index in [9.17, 15) is 9.59 Å². The van der Waals surface area contributed by atoms with E-state index in [0.29, 0.717) is 36.5 Å². The summed E-state index contributed by atoms with van der Waals surface area (Å²) in [7, 11) is 0. The SMILES string of the molecule is CC(C)CC12C(=O)CC(CC1=O)C2C(C)C. The van der Waals surface area contributed by atoms with E-state index >= 15 is 0 Å². The molecule has 2 aliphatic carbocycles. The molecular weight excluding hydrogens is 200 g/mol. The molecule has 0 radical (unpaired) electrons. The van der Waals surface area contributed by atoms with Crippen LogP contribution in [-0.2, 0) is 9.59 Å². The molecule has 90 valence electrons. The van der Waals surface area contributed by atoms with Crippen LogP contribution in [0.2, 0.25) is 0 Å². The first-order valence-electron chi connectivity index (χ1n) is 6.46. The Morgan fingerprint density at radius 2 is 1.62 bits per heavy atom. The predicted octanol–water partition coefficient (Wildman–Crippen LogP) is 2.85. The number of carbonyl (C=O) groups is 2. The van der Waals surface area contributed by atoms with Crippen molar-refractivity contribution in [2.45, 2.75) is 47.0 Å². The van der Waals surface area contributed by atoms with E-state index in [1.165, 1.54) is 0 Å². The molecule has 1 unspecified atom stereocenters. The Hall–Kier alpha value is -0.660. The van der Waals surface area contributed by atoms with E-state index < -0.39 is 5.41 Å². The lowest BCUT2D eigenvalue weighted by molar-refractivity contribution is -0.141. The van der Waals surface area contributed by atoms with Gasteiger partial charge in [-0.3, -0.25) is 9.59 Å². The van der Waals surface area contributed by atoms with Crippen LogP contribution in [0.25, 0.3) is 0 Å². The Morgan fingerprint density at radius 1 is 1.12 bits per heavy atom. The fourth-order valence-corrected chi connectivity index (χ4v) is 4.22. The molecule has 0 aromatic heterocycles. The minimum Gasteiger partial charge on any atom is -0.299 e. The van der Waals surface area contributed by atoms with Gasteiger partial charge in [0.1, 0.15) is 11.6 Å². The van der Waals surface area contributed by atoms with Gasteiger partial charge in [-0.25, -0.2) is 0 Å². The summed E-state index contributed by atoms with van der Waals surface area (Å²) >= 11 is 0. The van der Waals surface area contributed by atoms with Crippen molar-refractivity contribution >= 4 is 11.6 Å². The maximum absolute atomic E-state index is 12.2. The number of hydrogen-bond donors (Lipinski definition) is 0. The molecule has 2 nitrogen and oxygen atoms in total. The summed E-state index contributed by atoms with van der Waals surface area (Å²) in [5, 5.41) is 0. The predicted molar refractivity (Wildman–Crippen MR) is 63.0 cm³/mol. The number of carbonyl (C=O) groups excluding carboxylic acids is 2. The van der Waals surface area contributed by atoms with Crippen molar-refractivity contribution in [3.8, 4) is 0 Å². The first kappa shape index (κ1) is 11.8. The molecule has 2 saturated carbocycles. The van der Waals surface area contributed by atoms with Gasteiger partial charge in [-0.05, 0) is 30.1 Å². The molecule has 2 bridgehead atoms. The summed E-state index contributed by atoms with van der Waals surface area (Å²) in [6.07, 6.45) is 2.08. The van der Waals surface area contributed by atoms with Crippen LogP contribution >= 0.6 is 0 Å². The van der Waals surface area contributed by atoms with Crippen LogP contribution in [0.1, 0.15) is 47.0 Å². The highest BCUT2D eigenvalue weighted by atomic mass is 16.2. The summed E-state index contributed by atoms with van der Waals surface area (Å²) in [5.74, 6) is 2.00. The molecule has 16 heavy (non-hydrogen) atoms. The molecular formula is C14H22O2. The average molecular weight is 222 g/mol. The molecule has 0 N–H and O–H groups in total. The lowest BCUT2D eigenvalue weighted by Gasteiger charge is -2.32. The van der Waals surface area contributed by atoms with Crippen LogP contribution in [0.3, 0.4) is 0 Å². The Labute approximate surface area is 97.8 Å². The fraction of sp³-hybridized carbons (Fsp3) is 0.857. The molecule has 0 spiro atoms. The van der Waals surface area contributed by atoms with Crippen molar-refractivity contribution in [2.75, 3.05) is 0 Å². The van der Waals surface area contributed by atoms with E-state index in [2.05, 4.69) is 27.7 Å². The van der Waals surface area contributed by atoms with Gasteiger partial charge in [0.15, 0.2) is 0 Å². The van der Waals surface area contributed by atoms with Crippen molar-refractivity contribution in [1.82, 2.24) is 0 Å². The van der Waals surface area contributed by atoms with Crippen LogP contribution in [0.15, 0.2) is 0 Å². The van der Waals surface area contributed by atoms with Gasteiger partial charge in [-0.15, -0.1) is 0 Å². The third-order valence-electron chi connectivity index (χ3n) is 4.42. The zero-order chi connectivity index (χ0) is 12.1. The van der Waals surface area contributed by atoms with Gasteiger partial charge < -0.3 is 0 Å². The number of ketones is 2. The van der Waals surface area contributed by atoms with Gasteiger partial charge in [0.05, 0.1) is 5.41 Å². The zero-order valence-corrected chi connectivity index (χ0v) is 10.7. The summed E-state index contributed by atoms with van der Waals surface area (Å²) in [4.78, 5) is 24.4. The fourth-order valence-electron chi connectivity index (χ4n) is 4.22. The van der Waals surface area contributed by atoms with Crippen LogP contribution in [0.4, 0.5) is 0 Å². The van der Waals surface area contributed by atoms with Gasteiger partial charge >= 0.3 is 0 Å². The molecule has 2 heteroatoms. The van der Waals surface area contributed by atoms with Crippen molar-refractivity contribution in [2.24, 2.45) is 29.1 Å². The maximum Gasteiger partial charge on any atom is 0.147 e. The van der Waals surface area contributed by atoms with Crippen LogP contribution in [-0.4, -0.2) is 11.6 Å². The molecule has 0 saturated heterocycles. The highest BCUT2D eigenvalue weighted by Gasteiger charge is 2.64. The van der Waals surface area contributed by atoms with E-state index in [4.69, 9.17) is 0 Å². The van der Waals surface area contributed by atoms with Gasteiger partial charge in [0.2, 0.25) is 0 Å². The molecule has 2 aliphatic rings. The van der Waals surface area contributed by atoms with Crippen molar-refractivity contribution in [1.29, 1.82) is 0 Å².